The third kappa shape index (κ3) is 5.13. The Hall–Kier alpha value is -2.85. The van der Waals surface area contributed by atoms with Crippen LogP contribution in [0.2, 0.25) is 0 Å². The molecule has 10 nitrogen and oxygen atoms in total. The molecule has 4 saturated heterocycles. The number of hydrogen-bond donors (Lipinski definition) is 3. The number of piperazine rings is 1. The van der Waals surface area contributed by atoms with Crippen molar-refractivity contribution >= 4 is 23.7 Å². The van der Waals surface area contributed by atoms with Crippen molar-refractivity contribution in [2.45, 2.75) is 62.7 Å². The first-order valence-corrected chi connectivity index (χ1v) is 14.0. The summed E-state index contributed by atoms with van der Waals surface area (Å²) in [5.41, 5.74) is 2.05. The van der Waals surface area contributed by atoms with Crippen molar-refractivity contribution in [1.82, 2.24) is 30.2 Å². The number of para-hydroxylation sites is 1. The number of nitrogens with one attached hydrogen (secondary N) is 3. The van der Waals surface area contributed by atoms with Gasteiger partial charge >= 0.3 is 12.1 Å². The molecule has 2 bridgehead atoms. The van der Waals surface area contributed by atoms with Crippen molar-refractivity contribution in [1.29, 1.82) is 0 Å². The maximum absolute atomic E-state index is 12.8. The first-order chi connectivity index (χ1) is 18.0. The molecular weight excluding hydrogens is 470 g/mol. The molecule has 4 fully saturated rings. The number of rotatable bonds is 4. The van der Waals surface area contributed by atoms with Crippen LogP contribution in [-0.2, 0) is 11.2 Å². The lowest BCUT2D eigenvalue weighted by Gasteiger charge is -2.40. The number of carbonyl (C=O) groups is 3. The van der Waals surface area contributed by atoms with Gasteiger partial charge in [0.1, 0.15) is 0 Å². The van der Waals surface area contributed by atoms with Gasteiger partial charge in [0.25, 0.3) is 0 Å². The van der Waals surface area contributed by atoms with Gasteiger partial charge in [0.2, 0.25) is 5.91 Å². The van der Waals surface area contributed by atoms with E-state index in [0.29, 0.717) is 37.8 Å². The van der Waals surface area contributed by atoms with E-state index < -0.39 is 0 Å². The van der Waals surface area contributed by atoms with E-state index in [9.17, 15) is 14.4 Å². The Morgan fingerprint density at radius 1 is 0.919 bits per heavy atom. The fraction of sp³-hybridized carbons (Fsp3) is 0.667. The summed E-state index contributed by atoms with van der Waals surface area (Å²) >= 11 is 0. The highest BCUT2D eigenvalue weighted by Crippen LogP contribution is 2.29. The largest absolute Gasteiger partial charge is 0.341 e. The van der Waals surface area contributed by atoms with Gasteiger partial charge in [0.05, 0.1) is 6.54 Å². The third-order valence-corrected chi connectivity index (χ3v) is 9.11. The molecule has 6 rings (SSSR count). The lowest BCUT2D eigenvalue weighted by atomic mass is 10.0. The van der Waals surface area contributed by atoms with E-state index in [1.54, 1.807) is 4.90 Å². The Balaban J connectivity index is 0.918. The number of carbonyl (C=O) groups excluding carboxylic acids is 3. The van der Waals surface area contributed by atoms with Gasteiger partial charge in [-0.15, -0.1) is 0 Å². The molecule has 0 aliphatic carbocycles. The monoisotopic (exact) mass is 509 g/mol. The van der Waals surface area contributed by atoms with Crippen molar-refractivity contribution in [2.75, 3.05) is 57.7 Å². The van der Waals surface area contributed by atoms with Crippen LogP contribution in [-0.4, -0.2) is 114 Å². The first kappa shape index (κ1) is 24.5. The van der Waals surface area contributed by atoms with E-state index in [4.69, 9.17) is 0 Å². The maximum Gasteiger partial charge on any atom is 0.322 e. The normalized spacial score (nSPS) is 27.1. The first-order valence-electron chi connectivity index (χ1n) is 14.0. The predicted molar refractivity (Wildman–Crippen MR) is 140 cm³/mol. The highest BCUT2D eigenvalue weighted by molar-refractivity contribution is 5.91. The van der Waals surface area contributed by atoms with Crippen LogP contribution in [0.1, 0.15) is 37.7 Å². The number of fused-ring (bicyclic) bond motifs is 3. The number of hydrogen-bond acceptors (Lipinski definition) is 5. The zero-order chi connectivity index (χ0) is 25.4. The lowest BCUT2D eigenvalue weighted by molar-refractivity contribution is -0.131. The van der Waals surface area contributed by atoms with E-state index >= 15 is 0 Å². The number of urea groups is 2. The molecule has 0 radical (unpaired) electrons. The third-order valence-electron chi connectivity index (χ3n) is 9.11. The SMILES string of the molecule is O=C(CNC(=O)N1CCC(N2CCc3ccccc3NC2=O)CC1)N1CCC(N2C[C@@H]3CC2CN3)CC1. The summed E-state index contributed by atoms with van der Waals surface area (Å²) in [4.78, 5) is 46.6. The Kier molecular flexibility index (Phi) is 6.94. The quantitative estimate of drug-likeness (QED) is 0.568. The maximum atomic E-state index is 12.8. The van der Waals surface area contributed by atoms with E-state index in [-0.39, 0.29) is 30.6 Å². The molecule has 3 N–H and O–H groups in total. The zero-order valence-electron chi connectivity index (χ0n) is 21.5. The van der Waals surface area contributed by atoms with Crippen LogP contribution < -0.4 is 16.0 Å². The highest BCUT2D eigenvalue weighted by atomic mass is 16.2. The van der Waals surface area contributed by atoms with Gasteiger partial charge in [0.15, 0.2) is 0 Å². The van der Waals surface area contributed by atoms with Crippen molar-refractivity contribution < 1.29 is 14.4 Å². The molecule has 200 valence electrons. The lowest BCUT2D eigenvalue weighted by Crippen LogP contribution is -2.54. The predicted octanol–water partition coefficient (Wildman–Crippen LogP) is 1.29. The molecule has 2 atom stereocenters. The second-order valence-electron chi connectivity index (χ2n) is 11.2. The van der Waals surface area contributed by atoms with Crippen LogP contribution in [0, 0.1) is 0 Å². The number of piperidine rings is 2. The Morgan fingerprint density at radius 2 is 1.65 bits per heavy atom. The van der Waals surface area contributed by atoms with Crippen molar-refractivity contribution in [3.05, 3.63) is 29.8 Å². The summed E-state index contributed by atoms with van der Waals surface area (Å²) in [6.45, 7) is 5.69. The number of nitrogens with zero attached hydrogens (tertiary/aromatic N) is 4. The Bertz CT molecular complexity index is 1020. The molecule has 37 heavy (non-hydrogen) atoms. The number of anilines is 1. The van der Waals surface area contributed by atoms with Crippen molar-refractivity contribution in [3.8, 4) is 0 Å². The van der Waals surface area contributed by atoms with E-state index in [2.05, 4.69) is 26.9 Å². The van der Waals surface area contributed by atoms with E-state index in [1.165, 1.54) is 6.42 Å². The molecule has 0 spiro atoms. The molecule has 5 aliphatic rings. The molecule has 0 saturated carbocycles. The summed E-state index contributed by atoms with van der Waals surface area (Å²) in [7, 11) is 0. The molecule has 1 aromatic carbocycles. The molecule has 5 aliphatic heterocycles. The zero-order valence-corrected chi connectivity index (χ0v) is 21.5. The molecule has 1 aromatic rings. The van der Waals surface area contributed by atoms with Gasteiger partial charge in [-0.2, -0.15) is 0 Å². The molecule has 5 amide bonds. The molecule has 0 aromatic heterocycles. The Labute approximate surface area is 218 Å². The minimum Gasteiger partial charge on any atom is -0.341 e. The number of amides is 5. The highest BCUT2D eigenvalue weighted by Gasteiger charge is 2.41. The number of benzene rings is 1. The second kappa shape index (κ2) is 10.5. The van der Waals surface area contributed by atoms with E-state index in [1.807, 2.05) is 28.0 Å². The second-order valence-corrected chi connectivity index (χ2v) is 11.2. The van der Waals surface area contributed by atoms with E-state index in [0.717, 1.165) is 69.5 Å². The summed E-state index contributed by atoms with van der Waals surface area (Å²) in [5, 5.41) is 9.45. The minimum atomic E-state index is -0.185. The van der Waals surface area contributed by atoms with Crippen LogP contribution >= 0.6 is 0 Å². The van der Waals surface area contributed by atoms with Crippen LogP contribution in [0.3, 0.4) is 0 Å². The van der Waals surface area contributed by atoms with Gasteiger partial charge in [-0.3, -0.25) is 9.69 Å². The van der Waals surface area contributed by atoms with Gasteiger partial charge in [-0.25, -0.2) is 9.59 Å². The minimum absolute atomic E-state index is 0.00657. The van der Waals surface area contributed by atoms with Gasteiger partial charge in [-0.05, 0) is 50.2 Å². The summed E-state index contributed by atoms with van der Waals surface area (Å²) in [6.07, 6.45) is 5.61. The average Bonchev–Trinajstić information content (AvgIpc) is 3.53. The van der Waals surface area contributed by atoms with Gasteiger partial charge in [0, 0.05) is 75.7 Å². The standard InChI is InChI=1S/C27H39N7O3/c35-25(31-10-6-22(7-11-31)34-18-20-15-23(34)16-28-20)17-29-26(36)32-12-8-21(9-13-32)33-14-5-19-3-1-2-4-24(19)30-27(33)37/h1-4,20-23,28H,5-18H2,(H,29,36)(H,30,37)/t20-,23?/m0/s1. The van der Waals surface area contributed by atoms with Gasteiger partial charge in [-0.1, -0.05) is 18.2 Å². The molecule has 10 heteroatoms. The fourth-order valence-electron chi connectivity index (χ4n) is 6.98. The van der Waals surface area contributed by atoms with Crippen LogP contribution in [0.5, 0.6) is 0 Å². The summed E-state index contributed by atoms with van der Waals surface area (Å²) in [6, 6.07) is 9.72. The Morgan fingerprint density at radius 3 is 2.38 bits per heavy atom. The molecular formula is C27H39N7O3. The average molecular weight is 510 g/mol. The smallest absolute Gasteiger partial charge is 0.322 e. The summed E-state index contributed by atoms with van der Waals surface area (Å²) in [5.74, 6) is 0.00657. The van der Waals surface area contributed by atoms with Crippen LogP contribution in [0.25, 0.3) is 0 Å². The van der Waals surface area contributed by atoms with Gasteiger partial charge < -0.3 is 30.7 Å². The number of likely N-dealkylation sites (tertiary alicyclic amines) is 3. The van der Waals surface area contributed by atoms with Crippen molar-refractivity contribution in [2.24, 2.45) is 0 Å². The van der Waals surface area contributed by atoms with Crippen LogP contribution in [0.15, 0.2) is 24.3 Å². The fourth-order valence-corrected chi connectivity index (χ4v) is 6.98. The molecule has 5 heterocycles. The van der Waals surface area contributed by atoms with Crippen molar-refractivity contribution in [3.63, 3.8) is 0 Å². The van der Waals surface area contributed by atoms with Crippen LogP contribution in [0.4, 0.5) is 15.3 Å². The summed E-state index contributed by atoms with van der Waals surface area (Å²) < 4.78 is 0. The molecule has 1 unspecified atom stereocenters. The topological polar surface area (TPSA) is 100 Å².